The van der Waals surface area contributed by atoms with Crippen LogP contribution in [-0.4, -0.2) is 20.3 Å². The van der Waals surface area contributed by atoms with Crippen molar-refractivity contribution >= 4 is 27.2 Å². The number of nitrogen functional groups attached to an aromatic ring is 1. The summed E-state index contributed by atoms with van der Waals surface area (Å²) < 4.78 is 0. The van der Waals surface area contributed by atoms with Crippen molar-refractivity contribution < 1.29 is 5.11 Å². The molecule has 7 heteroatoms. The predicted molar refractivity (Wildman–Crippen MR) is 87.3 cm³/mol. The second-order valence-corrected chi connectivity index (χ2v) is 6.11. The summed E-state index contributed by atoms with van der Waals surface area (Å²) in [6, 6.07) is 5.66. The van der Waals surface area contributed by atoms with Gasteiger partial charge in [0.2, 0.25) is 0 Å². The van der Waals surface area contributed by atoms with Crippen LogP contribution < -0.4 is 11.1 Å². The Kier molecular flexibility index (Phi) is 4.02. The minimum atomic E-state index is -0.860. The number of thiophene rings is 1. The lowest BCUT2D eigenvalue weighted by atomic mass is 10.1. The molecule has 3 aromatic heterocycles. The van der Waals surface area contributed by atoms with Crippen molar-refractivity contribution in [1.29, 1.82) is 0 Å². The molecule has 0 spiro atoms. The molecule has 0 fully saturated rings. The van der Waals surface area contributed by atoms with Gasteiger partial charge in [-0.15, -0.1) is 16.4 Å². The Morgan fingerprint density at radius 1 is 1.32 bits per heavy atom. The van der Waals surface area contributed by atoms with Crippen LogP contribution in [0.15, 0.2) is 24.4 Å². The summed E-state index contributed by atoms with van der Waals surface area (Å²) in [6.07, 6.45) is 0.861. The Bertz CT molecular complexity index is 803. The van der Waals surface area contributed by atoms with Crippen molar-refractivity contribution in [3.8, 4) is 0 Å². The van der Waals surface area contributed by atoms with E-state index in [1.807, 2.05) is 32.0 Å². The molecule has 3 heterocycles. The molecule has 1 unspecified atom stereocenters. The zero-order valence-corrected chi connectivity index (χ0v) is 13.2. The lowest BCUT2D eigenvalue weighted by Gasteiger charge is -2.11. The maximum absolute atomic E-state index is 10.4. The third-order valence-electron chi connectivity index (χ3n) is 3.61. The number of nitrogens with two attached hydrogens (primary N) is 1. The minimum absolute atomic E-state index is 0.458. The van der Waals surface area contributed by atoms with Gasteiger partial charge in [0.1, 0.15) is 11.1 Å². The molecule has 0 aliphatic rings. The average molecular weight is 315 g/mol. The predicted octanol–water partition coefficient (Wildman–Crippen LogP) is 2.07. The maximum atomic E-state index is 10.4. The highest BCUT2D eigenvalue weighted by Gasteiger charge is 2.19. The first kappa shape index (κ1) is 14.8. The molecular weight excluding hydrogens is 298 g/mol. The summed E-state index contributed by atoms with van der Waals surface area (Å²) >= 11 is 1.36. The van der Waals surface area contributed by atoms with Gasteiger partial charge < -0.3 is 10.8 Å². The Balaban J connectivity index is 1.86. The van der Waals surface area contributed by atoms with E-state index in [1.54, 1.807) is 6.20 Å². The number of hydrogen-bond acceptors (Lipinski definition) is 7. The van der Waals surface area contributed by atoms with Crippen LogP contribution in [0.5, 0.6) is 0 Å². The molecule has 4 N–H and O–H groups in total. The highest BCUT2D eigenvalue weighted by molar-refractivity contribution is 7.19. The molecule has 1 atom stereocenters. The van der Waals surface area contributed by atoms with Crippen molar-refractivity contribution in [2.45, 2.75) is 26.6 Å². The van der Waals surface area contributed by atoms with Crippen LogP contribution >= 0.6 is 11.3 Å². The molecule has 0 saturated heterocycles. The van der Waals surface area contributed by atoms with Crippen molar-refractivity contribution in [3.63, 3.8) is 0 Å². The number of aryl methyl sites for hydroxylation is 2. The number of rotatable bonds is 4. The molecule has 0 radical (unpaired) electrons. The summed E-state index contributed by atoms with van der Waals surface area (Å²) in [4.78, 5) is 5.62. The van der Waals surface area contributed by atoms with Crippen molar-refractivity contribution in [2.24, 2.45) is 0 Å². The zero-order chi connectivity index (χ0) is 15.7. The first-order valence-electron chi connectivity index (χ1n) is 6.91. The van der Waals surface area contributed by atoms with Crippen LogP contribution in [0.3, 0.4) is 0 Å². The van der Waals surface area contributed by atoms with E-state index in [4.69, 9.17) is 5.73 Å². The van der Waals surface area contributed by atoms with E-state index < -0.39 is 6.23 Å². The molecule has 114 valence electrons. The Labute approximate surface area is 132 Å². The number of aliphatic hydroxyl groups excluding tert-OH is 1. The molecule has 0 amide bonds. The highest BCUT2D eigenvalue weighted by Crippen LogP contribution is 2.37. The van der Waals surface area contributed by atoms with E-state index in [-0.39, 0.29) is 0 Å². The van der Waals surface area contributed by atoms with Gasteiger partial charge in [-0.3, -0.25) is 10.3 Å². The number of anilines is 1. The third-order valence-corrected chi connectivity index (χ3v) is 4.76. The summed E-state index contributed by atoms with van der Waals surface area (Å²) in [5.41, 5.74) is 9.48. The number of aromatic nitrogens is 3. The average Bonchev–Trinajstić information content (AvgIpc) is 2.87. The van der Waals surface area contributed by atoms with Gasteiger partial charge in [-0.25, -0.2) is 0 Å². The SMILES string of the molecule is Cc1nnc2sc(C(O)NCc3ccccn3)c(N)c2c1C. The second-order valence-electron chi connectivity index (χ2n) is 5.08. The van der Waals surface area contributed by atoms with Gasteiger partial charge >= 0.3 is 0 Å². The molecule has 0 bridgehead atoms. The van der Waals surface area contributed by atoms with Gasteiger partial charge in [-0.2, -0.15) is 5.10 Å². The van der Waals surface area contributed by atoms with E-state index in [0.717, 1.165) is 27.2 Å². The quantitative estimate of drug-likeness (QED) is 0.638. The summed E-state index contributed by atoms with van der Waals surface area (Å²) in [5, 5.41) is 22.5. The van der Waals surface area contributed by atoms with E-state index in [1.165, 1.54) is 11.3 Å². The first-order chi connectivity index (χ1) is 10.6. The zero-order valence-electron chi connectivity index (χ0n) is 12.4. The largest absolute Gasteiger partial charge is 0.397 e. The molecule has 22 heavy (non-hydrogen) atoms. The Morgan fingerprint density at radius 3 is 2.86 bits per heavy atom. The number of hydrogen-bond donors (Lipinski definition) is 3. The van der Waals surface area contributed by atoms with Crippen molar-refractivity contribution in [2.75, 3.05) is 5.73 Å². The topological polar surface area (TPSA) is 97.0 Å². The van der Waals surface area contributed by atoms with Gasteiger partial charge in [0.25, 0.3) is 0 Å². The second kappa shape index (κ2) is 5.96. The molecule has 0 saturated carbocycles. The van der Waals surface area contributed by atoms with Crippen LogP contribution in [0.2, 0.25) is 0 Å². The van der Waals surface area contributed by atoms with Crippen LogP contribution in [0, 0.1) is 13.8 Å². The normalized spacial score (nSPS) is 12.7. The summed E-state index contributed by atoms with van der Waals surface area (Å²) in [6.45, 7) is 4.32. The van der Waals surface area contributed by atoms with Crippen LogP contribution in [0.1, 0.15) is 28.1 Å². The summed E-state index contributed by atoms with van der Waals surface area (Å²) in [7, 11) is 0. The molecule has 0 aliphatic carbocycles. The molecule has 0 aliphatic heterocycles. The summed E-state index contributed by atoms with van der Waals surface area (Å²) in [5.74, 6) is 0. The first-order valence-corrected chi connectivity index (χ1v) is 7.72. The van der Waals surface area contributed by atoms with Gasteiger partial charge in [0.15, 0.2) is 0 Å². The Hall–Kier alpha value is -2.09. The van der Waals surface area contributed by atoms with Crippen LogP contribution in [0.4, 0.5) is 5.69 Å². The van der Waals surface area contributed by atoms with Crippen LogP contribution in [-0.2, 0) is 6.54 Å². The number of fused-ring (bicyclic) bond motifs is 1. The smallest absolute Gasteiger partial charge is 0.148 e. The van der Waals surface area contributed by atoms with Crippen LogP contribution in [0.25, 0.3) is 10.2 Å². The van der Waals surface area contributed by atoms with Crippen molar-refractivity contribution in [3.05, 3.63) is 46.2 Å². The van der Waals surface area contributed by atoms with E-state index in [0.29, 0.717) is 17.1 Å². The fourth-order valence-electron chi connectivity index (χ4n) is 2.26. The fourth-order valence-corrected chi connectivity index (χ4v) is 3.32. The standard InChI is InChI=1S/C15H17N5OS/c1-8-9(2)19-20-15-11(8)12(16)13(22-15)14(21)18-7-10-5-3-4-6-17-10/h3-6,14,18,21H,7,16H2,1-2H3. The number of nitrogens with zero attached hydrogens (tertiary/aromatic N) is 3. The van der Waals surface area contributed by atoms with E-state index in [2.05, 4.69) is 20.5 Å². The number of aliphatic hydroxyl groups is 1. The number of nitrogens with one attached hydrogen (secondary N) is 1. The van der Waals surface area contributed by atoms with Crippen molar-refractivity contribution in [1.82, 2.24) is 20.5 Å². The minimum Gasteiger partial charge on any atom is -0.397 e. The maximum Gasteiger partial charge on any atom is 0.148 e. The highest BCUT2D eigenvalue weighted by atomic mass is 32.1. The molecule has 3 rings (SSSR count). The Morgan fingerprint density at radius 2 is 2.14 bits per heavy atom. The third kappa shape index (κ3) is 2.66. The molecule has 0 aromatic carbocycles. The molecular formula is C15H17N5OS. The molecule has 6 nitrogen and oxygen atoms in total. The van der Waals surface area contributed by atoms with Gasteiger partial charge in [0.05, 0.1) is 22.0 Å². The molecule has 3 aromatic rings. The van der Waals surface area contributed by atoms with Gasteiger partial charge in [-0.1, -0.05) is 6.07 Å². The van der Waals surface area contributed by atoms with E-state index >= 15 is 0 Å². The lowest BCUT2D eigenvalue weighted by molar-refractivity contribution is 0.141. The van der Waals surface area contributed by atoms with E-state index in [9.17, 15) is 5.11 Å². The van der Waals surface area contributed by atoms with Gasteiger partial charge in [-0.05, 0) is 31.5 Å². The van der Waals surface area contributed by atoms with Gasteiger partial charge in [0, 0.05) is 18.1 Å². The monoisotopic (exact) mass is 315 g/mol. The fraction of sp³-hybridized carbons (Fsp3) is 0.267. The number of pyridine rings is 1. The lowest BCUT2D eigenvalue weighted by Crippen LogP contribution is -2.20.